The van der Waals surface area contributed by atoms with Gasteiger partial charge in [-0.05, 0) is 12.5 Å². The summed E-state index contributed by atoms with van der Waals surface area (Å²) in [6, 6.07) is 7.48. The minimum absolute atomic E-state index is 0.000361. The van der Waals surface area contributed by atoms with Crippen LogP contribution in [0.2, 0.25) is 0 Å². The lowest BCUT2D eigenvalue weighted by Gasteiger charge is -2.10. The third-order valence-electron chi connectivity index (χ3n) is 2.63. The number of nitrogens with two attached hydrogens (primary N) is 1. The standard InChI is InChI=1S/C14H20F3NO2/c15-14(16,17)7-3-8-19-9-4-10-20-13-6-2-1-5-12(13)11-18/h1-2,5-6H,3-4,7-11,18H2. The predicted octanol–water partition coefficient (Wildman–Crippen LogP) is 3.27. The molecule has 0 radical (unpaired) electrons. The zero-order valence-electron chi connectivity index (χ0n) is 11.3. The predicted molar refractivity (Wildman–Crippen MR) is 70.6 cm³/mol. The first kappa shape index (κ1) is 16.8. The smallest absolute Gasteiger partial charge is 0.389 e. The number of para-hydroxylation sites is 1. The molecule has 0 atom stereocenters. The van der Waals surface area contributed by atoms with E-state index in [-0.39, 0.29) is 13.0 Å². The van der Waals surface area contributed by atoms with Crippen LogP contribution in [-0.2, 0) is 11.3 Å². The third kappa shape index (κ3) is 7.35. The molecule has 0 saturated heterocycles. The Kier molecular flexibility index (Phi) is 7.40. The molecule has 0 heterocycles. The van der Waals surface area contributed by atoms with Crippen LogP contribution in [0.3, 0.4) is 0 Å². The fourth-order valence-electron chi connectivity index (χ4n) is 1.63. The summed E-state index contributed by atoms with van der Waals surface area (Å²) in [5.74, 6) is 0.743. The van der Waals surface area contributed by atoms with Gasteiger partial charge in [-0.25, -0.2) is 0 Å². The molecule has 0 amide bonds. The van der Waals surface area contributed by atoms with Gasteiger partial charge in [-0.3, -0.25) is 0 Å². The molecule has 0 aliphatic heterocycles. The third-order valence-corrected chi connectivity index (χ3v) is 2.63. The Balaban J connectivity index is 2.05. The second-order valence-corrected chi connectivity index (χ2v) is 4.34. The highest BCUT2D eigenvalue weighted by Crippen LogP contribution is 2.21. The fraction of sp³-hybridized carbons (Fsp3) is 0.571. The molecule has 0 bridgehead atoms. The monoisotopic (exact) mass is 291 g/mol. The molecule has 20 heavy (non-hydrogen) atoms. The van der Waals surface area contributed by atoms with E-state index in [1.807, 2.05) is 24.3 Å². The van der Waals surface area contributed by atoms with Crippen LogP contribution in [0.5, 0.6) is 5.75 Å². The molecule has 0 aliphatic carbocycles. The van der Waals surface area contributed by atoms with Crippen molar-refractivity contribution < 1.29 is 22.6 Å². The lowest BCUT2D eigenvalue weighted by atomic mass is 10.2. The van der Waals surface area contributed by atoms with E-state index in [9.17, 15) is 13.2 Å². The summed E-state index contributed by atoms with van der Waals surface area (Å²) in [4.78, 5) is 0. The van der Waals surface area contributed by atoms with Gasteiger partial charge < -0.3 is 15.2 Å². The van der Waals surface area contributed by atoms with Crippen LogP contribution in [0.25, 0.3) is 0 Å². The van der Waals surface area contributed by atoms with Crippen molar-refractivity contribution in [2.45, 2.75) is 32.0 Å². The highest BCUT2D eigenvalue weighted by Gasteiger charge is 2.25. The summed E-state index contributed by atoms with van der Waals surface area (Å²) in [5.41, 5.74) is 6.50. The molecule has 0 aromatic heterocycles. The van der Waals surface area contributed by atoms with Gasteiger partial charge in [0.15, 0.2) is 0 Å². The van der Waals surface area contributed by atoms with E-state index in [4.69, 9.17) is 15.2 Å². The summed E-state index contributed by atoms with van der Waals surface area (Å²) in [5, 5.41) is 0. The number of hydrogen-bond donors (Lipinski definition) is 1. The van der Waals surface area contributed by atoms with Crippen LogP contribution in [0.1, 0.15) is 24.8 Å². The van der Waals surface area contributed by atoms with E-state index in [0.717, 1.165) is 11.3 Å². The number of hydrogen-bond acceptors (Lipinski definition) is 3. The highest BCUT2D eigenvalue weighted by atomic mass is 19.4. The molecule has 0 unspecified atom stereocenters. The molecule has 2 N–H and O–H groups in total. The maximum Gasteiger partial charge on any atom is 0.389 e. The van der Waals surface area contributed by atoms with Crippen LogP contribution in [0, 0.1) is 0 Å². The molecule has 1 aromatic carbocycles. The topological polar surface area (TPSA) is 44.5 Å². The summed E-state index contributed by atoms with van der Waals surface area (Å²) >= 11 is 0. The summed E-state index contributed by atoms with van der Waals surface area (Å²) in [7, 11) is 0. The number of ether oxygens (including phenoxy) is 2. The first-order valence-corrected chi connectivity index (χ1v) is 6.58. The molecular weight excluding hydrogens is 271 g/mol. The van der Waals surface area contributed by atoms with E-state index < -0.39 is 12.6 Å². The molecule has 0 saturated carbocycles. The molecule has 0 fully saturated rings. The Labute approximate surface area is 116 Å². The van der Waals surface area contributed by atoms with Crippen molar-refractivity contribution in [3.8, 4) is 5.75 Å². The molecule has 1 aromatic rings. The van der Waals surface area contributed by atoms with Gasteiger partial charge >= 0.3 is 6.18 Å². The van der Waals surface area contributed by atoms with Crippen LogP contribution in [0.15, 0.2) is 24.3 Å². The SMILES string of the molecule is NCc1ccccc1OCCCOCCCC(F)(F)F. The van der Waals surface area contributed by atoms with E-state index >= 15 is 0 Å². The normalized spacial score (nSPS) is 11.6. The molecule has 3 nitrogen and oxygen atoms in total. The van der Waals surface area contributed by atoms with Gasteiger partial charge in [-0.15, -0.1) is 0 Å². The molecule has 0 aliphatic rings. The molecule has 0 spiro atoms. The second-order valence-electron chi connectivity index (χ2n) is 4.34. The largest absolute Gasteiger partial charge is 0.493 e. The minimum Gasteiger partial charge on any atom is -0.493 e. The van der Waals surface area contributed by atoms with Crippen molar-refractivity contribution >= 4 is 0 Å². The van der Waals surface area contributed by atoms with E-state index in [1.54, 1.807) is 0 Å². The molecular formula is C14H20F3NO2. The summed E-state index contributed by atoms with van der Waals surface area (Å²) in [6.07, 6.45) is -4.27. The Morgan fingerprint density at radius 1 is 1.00 bits per heavy atom. The van der Waals surface area contributed by atoms with Gasteiger partial charge in [0.2, 0.25) is 0 Å². The minimum atomic E-state index is -4.10. The van der Waals surface area contributed by atoms with E-state index in [1.165, 1.54) is 0 Å². The summed E-state index contributed by atoms with van der Waals surface area (Å²) in [6.45, 7) is 1.38. The number of rotatable bonds is 9. The van der Waals surface area contributed by atoms with Crippen molar-refractivity contribution in [1.29, 1.82) is 0 Å². The van der Waals surface area contributed by atoms with Crippen LogP contribution in [-0.4, -0.2) is 26.0 Å². The lowest BCUT2D eigenvalue weighted by Crippen LogP contribution is -2.10. The first-order chi connectivity index (χ1) is 9.53. The number of benzene rings is 1. The van der Waals surface area contributed by atoms with Gasteiger partial charge in [0.25, 0.3) is 0 Å². The van der Waals surface area contributed by atoms with Crippen LogP contribution in [0.4, 0.5) is 13.2 Å². The zero-order chi connectivity index (χ0) is 14.8. The molecule has 114 valence electrons. The van der Waals surface area contributed by atoms with Crippen molar-refractivity contribution in [3.05, 3.63) is 29.8 Å². The van der Waals surface area contributed by atoms with Gasteiger partial charge in [0.1, 0.15) is 5.75 Å². The fourth-order valence-corrected chi connectivity index (χ4v) is 1.63. The van der Waals surface area contributed by atoms with Crippen LogP contribution >= 0.6 is 0 Å². The Morgan fingerprint density at radius 2 is 1.70 bits per heavy atom. The maximum absolute atomic E-state index is 11.9. The highest BCUT2D eigenvalue weighted by molar-refractivity contribution is 5.32. The van der Waals surface area contributed by atoms with Crippen molar-refractivity contribution in [2.75, 3.05) is 19.8 Å². The average Bonchev–Trinajstić information content (AvgIpc) is 2.41. The van der Waals surface area contributed by atoms with E-state index in [0.29, 0.717) is 26.2 Å². The van der Waals surface area contributed by atoms with Gasteiger partial charge in [-0.2, -0.15) is 13.2 Å². The lowest BCUT2D eigenvalue weighted by molar-refractivity contribution is -0.137. The molecule has 6 heteroatoms. The molecule has 1 rings (SSSR count). The average molecular weight is 291 g/mol. The Bertz CT molecular complexity index is 383. The Morgan fingerprint density at radius 3 is 2.40 bits per heavy atom. The maximum atomic E-state index is 11.9. The van der Waals surface area contributed by atoms with Crippen LogP contribution < -0.4 is 10.5 Å². The van der Waals surface area contributed by atoms with Crippen molar-refractivity contribution in [3.63, 3.8) is 0 Å². The zero-order valence-corrected chi connectivity index (χ0v) is 11.3. The van der Waals surface area contributed by atoms with Gasteiger partial charge in [0.05, 0.1) is 6.61 Å². The number of alkyl halides is 3. The van der Waals surface area contributed by atoms with E-state index in [2.05, 4.69) is 0 Å². The summed E-state index contributed by atoms with van der Waals surface area (Å²) < 4.78 is 46.2. The second kappa shape index (κ2) is 8.81. The Hall–Kier alpha value is -1.27. The quantitative estimate of drug-likeness (QED) is 0.710. The number of halogens is 3. The van der Waals surface area contributed by atoms with Crippen molar-refractivity contribution in [1.82, 2.24) is 0 Å². The van der Waals surface area contributed by atoms with Gasteiger partial charge in [0, 0.05) is 38.2 Å². The first-order valence-electron chi connectivity index (χ1n) is 6.58. The van der Waals surface area contributed by atoms with Gasteiger partial charge in [-0.1, -0.05) is 18.2 Å². The van der Waals surface area contributed by atoms with Crippen molar-refractivity contribution in [2.24, 2.45) is 5.73 Å².